The fourth-order valence-electron chi connectivity index (χ4n) is 3.29. The molecule has 0 spiro atoms. The predicted octanol–water partition coefficient (Wildman–Crippen LogP) is 5.47. The summed E-state index contributed by atoms with van der Waals surface area (Å²) in [5.41, 5.74) is 1.33. The minimum atomic E-state index is 0.646. The van der Waals surface area contributed by atoms with Gasteiger partial charge in [0.05, 0.1) is 0 Å². The quantitative estimate of drug-likeness (QED) is 0.771. The summed E-state index contributed by atoms with van der Waals surface area (Å²) in [5, 5.41) is 3.74. The van der Waals surface area contributed by atoms with Crippen LogP contribution < -0.4 is 5.32 Å². The monoisotopic (exact) mass is 299 g/mol. The highest BCUT2D eigenvalue weighted by molar-refractivity contribution is 7.15. The highest BCUT2D eigenvalue weighted by Crippen LogP contribution is 2.29. The molecule has 0 amide bonds. The molecule has 1 aliphatic rings. The smallest absolute Gasteiger partial charge is 0.0346 e. The molecule has 1 aromatic heterocycles. The van der Waals surface area contributed by atoms with Gasteiger partial charge in [0, 0.05) is 22.3 Å². The summed E-state index contributed by atoms with van der Waals surface area (Å²) < 4.78 is 0. The van der Waals surface area contributed by atoms with Gasteiger partial charge in [-0.15, -0.1) is 11.3 Å². The second-order valence-corrected chi connectivity index (χ2v) is 7.37. The van der Waals surface area contributed by atoms with Gasteiger partial charge in [0.2, 0.25) is 0 Å². The molecule has 1 saturated carbocycles. The van der Waals surface area contributed by atoms with E-state index in [0.29, 0.717) is 6.04 Å². The third-order valence-corrected chi connectivity index (χ3v) is 5.81. The van der Waals surface area contributed by atoms with Crippen molar-refractivity contribution in [3.05, 3.63) is 47.3 Å². The molecular formula is C19H25NS. The summed E-state index contributed by atoms with van der Waals surface area (Å²) in [6.45, 7) is 3.37. The average molecular weight is 299 g/mol. The molecule has 1 heterocycles. The Morgan fingerprint density at radius 3 is 2.57 bits per heavy atom. The third-order valence-electron chi connectivity index (χ3n) is 4.68. The first-order valence-electron chi connectivity index (χ1n) is 8.20. The Hall–Kier alpha value is -1.12. The highest BCUT2D eigenvalue weighted by atomic mass is 32.1. The fraction of sp³-hybridized carbons (Fsp3) is 0.474. The number of hydrogen-bond acceptors (Lipinski definition) is 2. The van der Waals surface area contributed by atoms with Crippen LogP contribution in [0.1, 0.15) is 43.9 Å². The van der Waals surface area contributed by atoms with Crippen molar-refractivity contribution in [3.8, 4) is 10.4 Å². The standard InChI is InChI=1S/C19H25NS/c1-15(16-8-4-2-5-9-16)20-14-18-12-13-19(21-18)17-10-6-3-7-11-17/h3,6-7,10-13,15-16,20H,2,4-5,8-9,14H2,1H3/t15-/m1/s1. The van der Waals surface area contributed by atoms with Crippen molar-refractivity contribution < 1.29 is 0 Å². The van der Waals surface area contributed by atoms with Crippen LogP contribution >= 0.6 is 11.3 Å². The van der Waals surface area contributed by atoms with E-state index in [9.17, 15) is 0 Å². The molecule has 1 N–H and O–H groups in total. The number of benzene rings is 1. The Morgan fingerprint density at radius 2 is 1.81 bits per heavy atom. The van der Waals surface area contributed by atoms with E-state index < -0.39 is 0 Å². The van der Waals surface area contributed by atoms with Gasteiger partial charge in [0.25, 0.3) is 0 Å². The summed E-state index contributed by atoms with van der Waals surface area (Å²) in [7, 11) is 0. The van der Waals surface area contributed by atoms with Gasteiger partial charge in [-0.2, -0.15) is 0 Å². The Bertz CT molecular complexity index is 540. The lowest BCUT2D eigenvalue weighted by Crippen LogP contribution is -2.33. The van der Waals surface area contributed by atoms with E-state index in [4.69, 9.17) is 0 Å². The molecule has 2 aromatic rings. The molecule has 2 heteroatoms. The third kappa shape index (κ3) is 3.96. The van der Waals surface area contributed by atoms with Gasteiger partial charge >= 0.3 is 0 Å². The van der Waals surface area contributed by atoms with E-state index in [1.165, 1.54) is 47.4 Å². The van der Waals surface area contributed by atoms with Crippen LogP contribution in [0.4, 0.5) is 0 Å². The summed E-state index contributed by atoms with van der Waals surface area (Å²) in [4.78, 5) is 2.81. The van der Waals surface area contributed by atoms with Crippen molar-refractivity contribution in [1.29, 1.82) is 0 Å². The molecule has 0 saturated heterocycles. The zero-order chi connectivity index (χ0) is 14.5. The lowest BCUT2D eigenvalue weighted by atomic mass is 9.84. The van der Waals surface area contributed by atoms with Crippen LogP contribution in [-0.4, -0.2) is 6.04 Å². The van der Waals surface area contributed by atoms with Crippen molar-refractivity contribution in [2.45, 2.75) is 51.6 Å². The maximum atomic E-state index is 3.74. The lowest BCUT2D eigenvalue weighted by Gasteiger charge is -2.28. The average Bonchev–Trinajstić information content (AvgIpc) is 3.03. The summed E-state index contributed by atoms with van der Waals surface area (Å²) in [6, 6.07) is 15.8. The van der Waals surface area contributed by atoms with Crippen LogP contribution in [0.2, 0.25) is 0 Å². The van der Waals surface area contributed by atoms with Crippen molar-refractivity contribution in [2.24, 2.45) is 5.92 Å². The Labute approximate surface area is 132 Å². The first-order chi connectivity index (χ1) is 10.3. The van der Waals surface area contributed by atoms with Gasteiger partial charge in [-0.05, 0) is 43.4 Å². The number of rotatable bonds is 5. The molecule has 1 aliphatic carbocycles. The molecular weight excluding hydrogens is 274 g/mol. The second-order valence-electron chi connectivity index (χ2n) is 6.20. The molecule has 1 nitrogen and oxygen atoms in total. The van der Waals surface area contributed by atoms with Crippen LogP contribution in [0.5, 0.6) is 0 Å². The Morgan fingerprint density at radius 1 is 1.05 bits per heavy atom. The maximum Gasteiger partial charge on any atom is 0.0346 e. The SMILES string of the molecule is C[C@@H](NCc1ccc(-c2ccccc2)s1)C1CCCCC1. The summed E-state index contributed by atoms with van der Waals surface area (Å²) >= 11 is 1.91. The molecule has 1 atom stereocenters. The molecule has 1 fully saturated rings. The Balaban J connectivity index is 1.55. The Kier molecular flexibility index (Phi) is 5.10. The summed E-state index contributed by atoms with van der Waals surface area (Å²) in [6.07, 6.45) is 7.11. The highest BCUT2D eigenvalue weighted by Gasteiger charge is 2.19. The van der Waals surface area contributed by atoms with Crippen molar-refractivity contribution >= 4 is 11.3 Å². The maximum absolute atomic E-state index is 3.74. The van der Waals surface area contributed by atoms with E-state index in [0.717, 1.165) is 12.5 Å². The van der Waals surface area contributed by atoms with E-state index in [2.05, 4.69) is 54.7 Å². The van der Waals surface area contributed by atoms with E-state index >= 15 is 0 Å². The van der Waals surface area contributed by atoms with Gasteiger partial charge in [0.15, 0.2) is 0 Å². The summed E-state index contributed by atoms with van der Waals surface area (Å²) in [5.74, 6) is 0.882. The van der Waals surface area contributed by atoms with Gasteiger partial charge in [-0.25, -0.2) is 0 Å². The van der Waals surface area contributed by atoms with Crippen molar-refractivity contribution in [3.63, 3.8) is 0 Å². The van der Waals surface area contributed by atoms with Crippen LogP contribution in [0.25, 0.3) is 10.4 Å². The van der Waals surface area contributed by atoms with E-state index in [1.54, 1.807) is 0 Å². The van der Waals surface area contributed by atoms with E-state index in [1.807, 2.05) is 11.3 Å². The van der Waals surface area contributed by atoms with Gasteiger partial charge in [-0.3, -0.25) is 0 Å². The fourth-order valence-corrected chi connectivity index (χ4v) is 4.26. The molecule has 21 heavy (non-hydrogen) atoms. The van der Waals surface area contributed by atoms with Crippen LogP contribution in [-0.2, 0) is 6.54 Å². The minimum Gasteiger partial charge on any atom is -0.309 e. The van der Waals surface area contributed by atoms with E-state index in [-0.39, 0.29) is 0 Å². The predicted molar refractivity (Wildman–Crippen MR) is 92.6 cm³/mol. The second kappa shape index (κ2) is 7.24. The molecule has 3 rings (SSSR count). The van der Waals surface area contributed by atoms with Crippen molar-refractivity contribution in [1.82, 2.24) is 5.32 Å². The first-order valence-corrected chi connectivity index (χ1v) is 9.02. The molecule has 1 aromatic carbocycles. The van der Waals surface area contributed by atoms with Crippen LogP contribution in [0, 0.1) is 5.92 Å². The van der Waals surface area contributed by atoms with Gasteiger partial charge < -0.3 is 5.32 Å². The molecule has 112 valence electrons. The number of thiophene rings is 1. The van der Waals surface area contributed by atoms with Gasteiger partial charge in [0.1, 0.15) is 0 Å². The zero-order valence-corrected chi connectivity index (χ0v) is 13.7. The molecule has 0 unspecified atom stereocenters. The normalized spacial score (nSPS) is 17.8. The van der Waals surface area contributed by atoms with Crippen LogP contribution in [0.3, 0.4) is 0 Å². The lowest BCUT2D eigenvalue weighted by molar-refractivity contribution is 0.281. The van der Waals surface area contributed by atoms with Crippen LogP contribution in [0.15, 0.2) is 42.5 Å². The van der Waals surface area contributed by atoms with Gasteiger partial charge in [-0.1, -0.05) is 49.6 Å². The topological polar surface area (TPSA) is 12.0 Å². The zero-order valence-electron chi connectivity index (χ0n) is 12.8. The largest absolute Gasteiger partial charge is 0.309 e. The number of hydrogen-bond donors (Lipinski definition) is 1. The molecule has 0 radical (unpaired) electrons. The molecule has 0 aliphatic heterocycles. The number of nitrogens with one attached hydrogen (secondary N) is 1. The van der Waals surface area contributed by atoms with Crippen molar-refractivity contribution in [2.75, 3.05) is 0 Å². The minimum absolute atomic E-state index is 0.646. The first kappa shape index (κ1) is 14.8. The molecule has 0 bridgehead atoms.